The van der Waals surface area contributed by atoms with Crippen LogP contribution in [0.15, 0.2) is 79.4 Å². The third-order valence-corrected chi connectivity index (χ3v) is 8.27. The molecule has 0 unspecified atom stereocenters. The minimum Gasteiger partial charge on any atom is -0.294 e. The predicted octanol–water partition coefficient (Wildman–Crippen LogP) is 4.50. The SMILES string of the molecule is CS(=O)(=O)CCCc1cn(N(c2ccc3c(c2)CCN(Cc2cccc(F)c2)C3)c2ccc3ncncc3c2)nn1. The van der Waals surface area contributed by atoms with E-state index >= 15 is 0 Å². The number of benzene rings is 3. The van der Waals surface area contributed by atoms with Gasteiger partial charge in [-0.15, -0.1) is 5.10 Å². The number of anilines is 2. The first kappa shape index (κ1) is 27.0. The predicted molar refractivity (Wildman–Crippen MR) is 156 cm³/mol. The van der Waals surface area contributed by atoms with E-state index < -0.39 is 9.84 Å². The highest BCUT2D eigenvalue weighted by molar-refractivity contribution is 7.90. The summed E-state index contributed by atoms with van der Waals surface area (Å²) < 4.78 is 36.8. The summed E-state index contributed by atoms with van der Waals surface area (Å²) in [5.74, 6) is -0.105. The van der Waals surface area contributed by atoms with E-state index in [1.165, 1.54) is 29.8 Å². The van der Waals surface area contributed by atoms with Gasteiger partial charge in [0.05, 0.1) is 34.5 Å². The molecule has 0 atom stereocenters. The quantitative estimate of drug-likeness (QED) is 0.255. The average Bonchev–Trinajstić information content (AvgIpc) is 3.40. The van der Waals surface area contributed by atoms with Crippen molar-refractivity contribution in [2.45, 2.75) is 32.4 Å². The molecule has 0 radical (unpaired) electrons. The minimum absolute atomic E-state index is 0.106. The lowest BCUT2D eigenvalue weighted by Gasteiger charge is -2.31. The number of aromatic nitrogens is 5. The first-order valence-electron chi connectivity index (χ1n) is 13.5. The zero-order chi connectivity index (χ0) is 28.4. The molecule has 6 rings (SSSR count). The molecule has 0 saturated heterocycles. The number of nitrogens with zero attached hydrogens (tertiary/aromatic N) is 7. The maximum Gasteiger partial charge on any atom is 0.147 e. The van der Waals surface area contributed by atoms with Crippen molar-refractivity contribution < 1.29 is 12.8 Å². The van der Waals surface area contributed by atoms with Gasteiger partial charge in [0.1, 0.15) is 22.0 Å². The van der Waals surface area contributed by atoms with Crippen LogP contribution in [0.5, 0.6) is 0 Å². The van der Waals surface area contributed by atoms with Gasteiger partial charge in [-0.25, -0.2) is 27.8 Å². The van der Waals surface area contributed by atoms with Crippen LogP contribution in [0.1, 0.15) is 28.8 Å². The highest BCUT2D eigenvalue weighted by atomic mass is 32.2. The molecule has 1 aliphatic rings. The fourth-order valence-electron chi connectivity index (χ4n) is 5.26. The van der Waals surface area contributed by atoms with Crippen LogP contribution in [0, 0.1) is 5.82 Å². The Morgan fingerprint density at radius 2 is 1.88 bits per heavy atom. The van der Waals surface area contributed by atoms with Gasteiger partial charge in [0, 0.05) is 37.5 Å². The van der Waals surface area contributed by atoms with E-state index in [0.29, 0.717) is 25.1 Å². The van der Waals surface area contributed by atoms with Gasteiger partial charge >= 0.3 is 0 Å². The molecule has 1 aliphatic heterocycles. The molecule has 3 heterocycles. The van der Waals surface area contributed by atoms with Crippen molar-refractivity contribution in [3.8, 4) is 0 Å². The van der Waals surface area contributed by atoms with E-state index in [1.54, 1.807) is 23.1 Å². The molecule has 2 aromatic heterocycles. The molecule has 3 aromatic carbocycles. The lowest BCUT2D eigenvalue weighted by Crippen LogP contribution is -2.31. The second-order valence-electron chi connectivity index (χ2n) is 10.5. The first-order valence-corrected chi connectivity index (χ1v) is 15.5. The Morgan fingerprint density at radius 1 is 1.02 bits per heavy atom. The van der Waals surface area contributed by atoms with E-state index in [9.17, 15) is 12.8 Å². The minimum atomic E-state index is -3.04. The zero-order valence-electron chi connectivity index (χ0n) is 22.7. The number of aryl methyl sites for hydroxylation is 1. The van der Waals surface area contributed by atoms with E-state index in [0.717, 1.165) is 47.4 Å². The number of fused-ring (bicyclic) bond motifs is 2. The van der Waals surface area contributed by atoms with Crippen LogP contribution in [0.3, 0.4) is 0 Å². The zero-order valence-corrected chi connectivity index (χ0v) is 23.5. The Labute approximate surface area is 238 Å². The number of halogens is 1. The molecule has 9 nitrogen and oxygen atoms in total. The molecule has 0 bridgehead atoms. The maximum absolute atomic E-state index is 13.7. The van der Waals surface area contributed by atoms with Crippen LogP contribution in [0.4, 0.5) is 15.8 Å². The van der Waals surface area contributed by atoms with Gasteiger partial charge in [0.25, 0.3) is 0 Å². The van der Waals surface area contributed by atoms with Crippen LogP contribution < -0.4 is 5.01 Å². The lowest BCUT2D eigenvalue weighted by molar-refractivity contribution is 0.245. The number of hydrogen-bond acceptors (Lipinski definition) is 8. The molecule has 0 N–H and O–H groups in total. The largest absolute Gasteiger partial charge is 0.294 e. The molecule has 210 valence electrons. The fourth-order valence-corrected chi connectivity index (χ4v) is 5.93. The van der Waals surface area contributed by atoms with Crippen molar-refractivity contribution in [3.63, 3.8) is 0 Å². The molecular formula is C30H30FN7O2S. The second kappa shape index (κ2) is 11.3. The Bertz CT molecular complexity index is 1810. The van der Waals surface area contributed by atoms with Crippen LogP contribution in [0.2, 0.25) is 0 Å². The van der Waals surface area contributed by atoms with E-state index in [4.69, 9.17) is 0 Å². The van der Waals surface area contributed by atoms with Gasteiger partial charge in [-0.3, -0.25) is 4.90 Å². The average molecular weight is 572 g/mol. The molecule has 5 aromatic rings. The summed E-state index contributed by atoms with van der Waals surface area (Å²) in [6.07, 6.45) is 8.25. The number of sulfone groups is 1. The Hall–Kier alpha value is -4.22. The standard InChI is InChI=1S/C30H30FN7O2S/c1-41(39,40)13-3-6-27-20-37(35-34-27)38(29-9-10-30-25(16-29)17-32-21-33-30)28-8-7-24-19-36(12-11-23(24)15-28)18-22-4-2-5-26(31)14-22/h2,4-5,7-10,14-17,20-21H,3,6,11-13,18-19H2,1H3. The van der Waals surface area contributed by atoms with Gasteiger partial charge in [0.2, 0.25) is 0 Å². The van der Waals surface area contributed by atoms with Crippen molar-refractivity contribution in [3.05, 3.63) is 108 Å². The van der Waals surface area contributed by atoms with Crippen molar-refractivity contribution in [2.75, 3.05) is 23.6 Å². The summed E-state index contributed by atoms with van der Waals surface area (Å²) >= 11 is 0. The molecule has 11 heteroatoms. The Balaban J connectivity index is 1.29. The summed E-state index contributed by atoms with van der Waals surface area (Å²) in [5.41, 5.74) is 6.80. The van der Waals surface area contributed by atoms with Gasteiger partial charge in [0.15, 0.2) is 0 Å². The summed E-state index contributed by atoms with van der Waals surface area (Å²) in [6, 6.07) is 19.1. The van der Waals surface area contributed by atoms with E-state index in [-0.39, 0.29) is 11.6 Å². The van der Waals surface area contributed by atoms with Crippen molar-refractivity contribution in [1.82, 2.24) is 30.0 Å². The molecule has 0 saturated carbocycles. The van der Waals surface area contributed by atoms with Crippen LogP contribution >= 0.6 is 0 Å². The monoisotopic (exact) mass is 571 g/mol. The molecule has 0 aliphatic carbocycles. The fraction of sp³-hybridized carbons (Fsp3) is 0.267. The highest BCUT2D eigenvalue weighted by Crippen LogP contribution is 2.32. The van der Waals surface area contributed by atoms with Crippen molar-refractivity contribution >= 4 is 32.1 Å². The van der Waals surface area contributed by atoms with Gasteiger partial charge in [-0.1, -0.05) is 18.2 Å². The maximum atomic E-state index is 13.7. The van der Waals surface area contributed by atoms with Crippen LogP contribution in [0.25, 0.3) is 10.9 Å². The van der Waals surface area contributed by atoms with Crippen LogP contribution in [-0.4, -0.2) is 56.9 Å². The molecule has 0 spiro atoms. The molecular weight excluding hydrogens is 541 g/mol. The number of hydrogen-bond donors (Lipinski definition) is 0. The first-order chi connectivity index (χ1) is 19.8. The number of rotatable bonds is 9. The third kappa shape index (κ3) is 6.41. The third-order valence-electron chi connectivity index (χ3n) is 7.24. The normalized spacial score (nSPS) is 13.8. The topological polar surface area (TPSA) is 97.1 Å². The Morgan fingerprint density at radius 3 is 2.73 bits per heavy atom. The van der Waals surface area contributed by atoms with Crippen LogP contribution in [-0.2, 0) is 35.8 Å². The van der Waals surface area contributed by atoms with Crippen molar-refractivity contribution in [2.24, 2.45) is 0 Å². The summed E-state index contributed by atoms with van der Waals surface area (Å²) in [7, 11) is -3.04. The Kier molecular flexibility index (Phi) is 7.46. The van der Waals surface area contributed by atoms with Gasteiger partial charge in [-0.2, -0.15) is 4.79 Å². The van der Waals surface area contributed by atoms with E-state index in [2.05, 4.69) is 43.4 Å². The summed E-state index contributed by atoms with van der Waals surface area (Å²) in [6.45, 7) is 2.35. The summed E-state index contributed by atoms with van der Waals surface area (Å²) in [5, 5.41) is 11.6. The smallest absolute Gasteiger partial charge is 0.147 e. The van der Waals surface area contributed by atoms with Crippen molar-refractivity contribution in [1.29, 1.82) is 0 Å². The molecule has 0 amide bonds. The molecule has 0 fully saturated rings. The lowest BCUT2D eigenvalue weighted by atomic mass is 9.98. The highest BCUT2D eigenvalue weighted by Gasteiger charge is 2.21. The van der Waals surface area contributed by atoms with Gasteiger partial charge < -0.3 is 0 Å². The second-order valence-corrected chi connectivity index (χ2v) is 12.7. The molecule has 41 heavy (non-hydrogen) atoms. The summed E-state index contributed by atoms with van der Waals surface area (Å²) in [4.78, 5) is 12.5. The van der Waals surface area contributed by atoms with E-state index in [1.807, 2.05) is 35.5 Å². The van der Waals surface area contributed by atoms with Gasteiger partial charge in [-0.05, 0) is 83.6 Å².